The number of nitrogens with zero attached hydrogens (tertiary/aromatic N) is 2. The van der Waals surface area contributed by atoms with Crippen LogP contribution in [-0.2, 0) is 0 Å². The van der Waals surface area contributed by atoms with Gasteiger partial charge in [0.15, 0.2) is 11.7 Å². The molecule has 0 amide bonds. The van der Waals surface area contributed by atoms with Crippen LogP contribution >= 0.6 is 0 Å². The first kappa shape index (κ1) is 35.9. The van der Waals surface area contributed by atoms with Gasteiger partial charge in [0.2, 0.25) is 0 Å². The SMILES string of the molecule is N=C(N=C(N=Cc1ccc2ccccc2c1)c1ccc(-c2ccccc2)cc1)c1cc2oc3c(-c4ccc(-c5ccc6ccccc6c5)cc4)cccc3c2c2ccccc12. The van der Waals surface area contributed by atoms with Gasteiger partial charge in [-0.05, 0) is 83.9 Å². The lowest BCUT2D eigenvalue weighted by atomic mass is 9.96. The normalized spacial score (nSPS) is 12.0. The van der Waals surface area contributed by atoms with Crippen molar-refractivity contribution in [2.75, 3.05) is 0 Å². The first-order valence-electron chi connectivity index (χ1n) is 20.5. The first-order valence-corrected chi connectivity index (χ1v) is 20.5. The molecule has 11 rings (SSSR count). The lowest BCUT2D eigenvalue weighted by Gasteiger charge is -2.09. The van der Waals surface area contributed by atoms with E-state index in [1.807, 2.05) is 66.9 Å². The summed E-state index contributed by atoms with van der Waals surface area (Å²) in [7, 11) is 0. The molecular formula is C57H37N3O. The Balaban J connectivity index is 0.996. The highest BCUT2D eigenvalue weighted by Crippen LogP contribution is 2.41. The summed E-state index contributed by atoms with van der Waals surface area (Å²) in [6, 6.07) is 73.4. The van der Waals surface area contributed by atoms with Gasteiger partial charge in [0, 0.05) is 33.7 Å². The Bertz CT molecular complexity index is 3520. The summed E-state index contributed by atoms with van der Waals surface area (Å²) in [5.74, 6) is 0.543. The summed E-state index contributed by atoms with van der Waals surface area (Å²) in [5.41, 5.74) is 10.6. The molecule has 10 aromatic carbocycles. The van der Waals surface area contributed by atoms with Gasteiger partial charge in [-0.2, -0.15) is 0 Å². The van der Waals surface area contributed by atoms with Gasteiger partial charge >= 0.3 is 0 Å². The predicted molar refractivity (Wildman–Crippen MR) is 256 cm³/mol. The van der Waals surface area contributed by atoms with E-state index in [0.717, 1.165) is 71.5 Å². The summed E-state index contributed by atoms with van der Waals surface area (Å²) >= 11 is 0. The Morgan fingerprint density at radius 2 is 1.02 bits per heavy atom. The first-order chi connectivity index (χ1) is 30.1. The van der Waals surface area contributed by atoms with Crippen molar-refractivity contribution < 1.29 is 4.42 Å². The monoisotopic (exact) mass is 779 g/mol. The highest BCUT2D eigenvalue weighted by molar-refractivity contribution is 6.26. The molecule has 11 aromatic rings. The maximum absolute atomic E-state index is 9.58. The molecular weight excluding hydrogens is 743 g/mol. The van der Waals surface area contributed by atoms with Gasteiger partial charge < -0.3 is 4.42 Å². The summed E-state index contributed by atoms with van der Waals surface area (Å²) in [5, 5.41) is 18.3. The minimum atomic E-state index is 0.0980. The molecule has 0 fully saturated rings. The van der Waals surface area contributed by atoms with Crippen molar-refractivity contribution >= 4 is 72.1 Å². The Kier molecular flexibility index (Phi) is 8.94. The molecule has 0 bridgehead atoms. The van der Waals surface area contributed by atoms with E-state index in [9.17, 15) is 5.41 Å². The van der Waals surface area contributed by atoms with Crippen LogP contribution in [0.2, 0.25) is 0 Å². The molecule has 0 radical (unpaired) electrons. The summed E-state index contributed by atoms with van der Waals surface area (Å²) in [4.78, 5) is 9.94. The van der Waals surface area contributed by atoms with E-state index in [-0.39, 0.29) is 5.84 Å². The van der Waals surface area contributed by atoms with Crippen molar-refractivity contribution in [1.29, 1.82) is 5.41 Å². The molecule has 1 heterocycles. The van der Waals surface area contributed by atoms with E-state index in [2.05, 4.69) is 152 Å². The third kappa shape index (κ3) is 6.76. The molecule has 0 aliphatic heterocycles. The molecule has 61 heavy (non-hydrogen) atoms. The summed E-state index contributed by atoms with van der Waals surface area (Å²) in [6.07, 6.45) is 1.83. The largest absolute Gasteiger partial charge is 0.455 e. The van der Waals surface area contributed by atoms with Gasteiger partial charge in [0.1, 0.15) is 11.2 Å². The van der Waals surface area contributed by atoms with E-state index < -0.39 is 0 Å². The van der Waals surface area contributed by atoms with E-state index >= 15 is 0 Å². The molecule has 1 aromatic heterocycles. The number of para-hydroxylation sites is 1. The van der Waals surface area contributed by atoms with Crippen molar-refractivity contribution in [2.24, 2.45) is 9.98 Å². The van der Waals surface area contributed by atoms with Crippen molar-refractivity contribution in [3.05, 3.63) is 229 Å². The van der Waals surface area contributed by atoms with Crippen LogP contribution < -0.4 is 0 Å². The number of benzene rings is 10. The van der Waals surface area contributed by atoms with E-state index in [1.165, 1.54) is 21.7 Å². The highest BCUT2D eigenvalue weighted by atomic mass is 16.3. The van der Waals surface area contributed by atoms with Crippen LogP contribution in [0.4, 0.5) is 0 Å². The molecule has 0 unspecified atom stereocenters. The molecule has 286 valence electrons. The Hall–Kier alpha value is -8.21. The van der Waals surface area contributed by atoms with Crippen molar-refractivity contribution in [3.63, 3.8) is 0 Å². The number of fused-ring (bicyclic) bond motifs is 7. The average molecular weight is 780 g/mol. The number of hydrogen-bond donors (Lipinski definition) is 1. The zero-order valence-electron chi connectivity index (χ0n) is 33.1. The predicted octanol–water partition coefficient (Wildman–Crippen LogP) is 14.9. The molecule has 1 N–H and O–H groups in total. The van der Waals surface area contributed by atoms with E-state index in [4.69, 9.17) is 14.4 Å². The molecule has 0 atom stereocenters. The lowest BCUT2D eigenvalue weighted by Crippen LogP contribution is -2.05. The number of furan rings is 1. The van der Waals surface area contributed by atoms with Crippen LogP contribution in [0.1, 0.15) is 16.7 Å². The van der Waals surface area contributed by atoms with E-state index in [1.54, 1.807) is 0 Å². The standard InChI is InChI=1S/C57H37N3O/c58-56(60-57(44-30-25-41(26-31-44)38-11-2-1-3-12-38)59-36-37-21-22-39-13-4-6-15-45(39)33-37)52-35-53-54(50-18-9-8-17-49(50)52)51-20-10-19-48(55(51)61-53)43-28-23-42(24-29-43)47-32-27-40-14-5-7-16-46(40)34-47/h1-36,58H. The molecule has 0 saturated heterocycles. The molecule has 0 aliphatic rings. The number of rotatable bonds is 6. The van der Waals surface area contributed by atoms with E-state index in [0.29, 0.717) is 17.0 Å². The zero-order chi connectivity index (χ0) is 40.7. The third-order valence-electron chi connectivity index (χ3n) is 11.6. The third-order valence-corrected chi connectivity index (χ3v) is 11.6. The minimum absolute atomic E-state index is 0.0980. The average Bonchev–Trinajstić information content (AvgIpc) is 3.72. The fourth-order valence-electron chi connectivity index (χ4n) is 8.50. The van der Waals surface area contributed by atoms with Gasteiger partial charge in [0.25, 0.3) is 0 Å². The Morgan fingerprint density at radius 3 is 1.79 bits per heavy atom. The number of amidine groups is 2. The second-order valence-corrected chi connectivity index (χ2v) is 15.4. The molecule has 0 aliphatic carbocycles. The molecule has 4 nitrogen and oxygen atoms in total. The number of nitrogens with one attached hydrogen (secondary N) is 1. The number of aliphatic imine (C=N–C) groups is 2. The summed E-state index contributed by atoms with van der Waals surface area (Å²) < 4.78 is 6.81. The second kappa shape index (κ2) is 15.2. The quantitative estimate of drug-likeness (QED) is 0.133. The van der Waals surface area contributed by atoms with Crippen molar-refractivity contribution in [2.45, 2.75) is 0 Å². The minimum Gasteiger partial charge on any atom is -0.455 e. The van der Waals surface area contributed by atoms with Crippen LogP contribution in [0.25, 0.3) is 87.6 Å². The van der Waals surface area contributed by atoms with Crippen molar-refractivity contribution in [3.8, 4) is 33.4 Å². The van der Waals surface area contributed by atoms with Crippen LogP contribution in [0, 0.1) is 5.41 Å². The van der Waals surface area contributed by atoms with Gasteiger partial charge in [-0.15, -0.1) is 0 Å². The van der Waals surface area contributed by atoms with Crippen molar-refractivity contribution in [1.82, 2.24) is 0 Å². The lowest BCUT2D eigenvalue weighted by molar-refractivity contribution is 0.670. The molecule has 0 saturated carbocycles. The molecule has 4 heteroatoms. The fraction of sp³-hybridized carbons (Fsp3) is 0. The van der Waals surface area contributed by atoms with Gasteiger partial charge in [-0.1, -0.05) is 194 Å². The second-order valence-electron chi connectivity index (χ2n) is 15.4. The summed E-state index contributed by atoms with van der Waals surface area (Å²) in [6.45, 7) is 0. The van der Waals surface area contributed by atoms with Crippen LogP contribution in [0.3, 0.4) is 0 Å². The maximum atomic E-state index is 9.58. The van der Waals surface area contributed by atoms with Gasteiger partial charge in [0.05, 0.1) is 0 Å². The van der Waals surface area contributed by atoms with Gasteiger partial charge in [-0.25, -0.2) is 9.98 Å². The van der Waals surface area contributed by atoms with Crippen LogP contribution in [0.15, 0.2) is 227 Å². The Labute approximate surface area is 352 Å². The topological polar surface area (TPSA) is 61.7 Å². The number of hydrogen-bond acceptors (Lipinski definition) is 2. The van der Waals surface area contributed by atoms with Gasteiger partial charge in [-0.3, -0.25) is 5.41 Å². The maximum Gasteiger partial charge on any atom is 0.161 e. The highest BCUT2D eigenvalue weighted by Gasteiger charge is 2.19. The van der Waals surface area contributed by atoms with Crippen LogP contribution in [-0.4, -0.2) is 17.9 Å². The smallest absolute Gasteiger partial charge is 0.161 e. The molecule has 0 spiro atoms. The Morgan fingerprint density at radius 1 is 0.443 bits per heavy atom. The zero-order valence-corrected chi connectivity index (χ0v) is 33.1. The van der Waals surface area contributed by atoms with Crippen LogP contribution in [0.5, 0.6) is 0 Å². The fourth-order valence-corrected chi connectivity index (χ4v) is 8.50.